The van der Waals surface area contributed by atoms with Crippen molar-refractivity contribution in [3.8, 4) is 0 Å². The average molecular weight is 444 g/mol. The summed E-state index contributed by atoms with van der Waals surface area (Å²) in [6.07, 6.45) is 12.0. The fourth-order valence-electron chi connectivity index (χ4n) is 6.94. The molecule has 2 N–H and O–H groups in total. The van der Waals surface area contributed by atoms with Crippen molar-refractivity contribution >= 4 is 17.7 Å². The molecule has 7 nitrogen and oxygen atoms in total. The fourth-order valence-corrected chi connectivity index (χ4v) is 6.94. The number of hydrogen-bond acceptors (Lipinski definition) is 4. The van der Waals surface area contributed by atoms with Crippen molar-refractivity contribution in [1.29, 1.82) is 0 Å². The number of nitrogens with zero attached hydrogens (tertiary/aromatic N) is 1. The molecule has 5 aliphatic rings. The van der Waals surface area contributed by atoms with E-state index in [9.17, 15) is 14.4 Å². The summed E-state index contributed by atoms with van der Waals surface area (Å²) in [4.78, 5) is 42.9. The number of nitrogens with one attached hydrogen (secondary N) is 2. The van der Waals surface area contributed by atoms with E-state index in [1.54, 1.807) is 4.90 Å². The summed E-state index contributed by atoms with van der Waals surface area (Å²) in [6, 6.07) is -0.544. The van der Waals surface area contributed by atoms with Gasteiger partial charge in [0.2, 0.25) is 17.7 Å². The molecule has 2 bridgehead atoms. The van der Waals surface area contributed by atoms with Crippen LogP contribution in [0.15, 0.2) is 12.2 Å². The van der Waals surface area contributed by atoms with Gasteiger partial charge < -0.3 is 20.3 Å². The van der Waals surface area contributed by atoms with E-state index in [1.807, 2.05) is 39.8 Å². The molecule has 3 amide bonds. The smallest absolute Gasteiger partial charge is 0.246 e. The zero-order chi connectivity index (χ0) is 22.9. The maximum atomic E-state index is 14.0. The Morgan fingerprint density at radius 1 is 1.03 bits per heavy atom. The Balaban J connectivity index is 1.52. The van der Waals surface area contributed by atoms with Gasteiger partial charge >= 0.3 is 0 Å². The molecule has 0 aromatic carbocycles. The highest BCUT2D eigenvalue weighted by Crippen LogP contribution is 2.60. The number of amides is 3. The summed E-state index contributed by atoms with van der Waals surface area (Å²) in [5.41, 5.74) is -2.38. The Kier molecular flexibility index (Phi) is 5.01. The summed E-state index contributed by atoms with van der Waals surface area (Å²) >= 11 is 0. The molecule has 0 aromatic heterocycles. The van der Waals surface area contributed by atoms with Crippen molar-refractivity contribution in [2.75, 3.05) is 0 Å². The number of rotatable bonds is 4. The molecule has 32 heavy (non-hydrogen) atoms. The Morgan fingerprint density at radius 2 is 1.66 bits per heavy atom. The van der Waals surface area contributed by atoms with Gasteiger partial charge in [-0.2, -0.15) is 0 Å². The molecule has 2 saturated heterocycles. The number of fused-ring (bicyclic) bond motifs is 1. The molecule has 7 heteroatoms. The summed E-state index contributed by atoms with van der Waals surface area (Å²) in [5, 5.41) is 6.30. The molecular weight excluding hydrogens is 406 g/mol. The van der Waals surface area contributed by atoms with Crippen LogP contribution in [0.3, 0.4) is 0 Å². The highest BCUT2D eigenvalue weighted by Gasteiger charge is 2.76. The molecule has 3 aliphatic heterocycles. The van der Waals surface area contributed by atoms with Crippen LogP contribution < -0.4 is 10.6 Å². The van der Waals surface area contributed by atoms with Crippen LogP contribution in [0, 0.1) is 11.8 Å². The predicted molar refractivity (Wildman–Crippen MR) is 120 cm³/mol. The second kappa shape index (κ2) is 7.31. The lowest BCUT2D eigenvalue weighted by molar-refractivity contribution is -0.148. The van der Waals surface area contributed by atoms with Gasteiger partial charge in [0.05, 0.1) is 17.4 Å². The molecule has 5 rings (SSSR count). The number of hydrogen-bond donors (Lipinski definition) is 2. The van der Waals surface area contributed by atoms with Gasteiger partial charge in [0.25, 0.3) is 0 Å². The molecule has 5 atom stereocenters. The minimum Gasteiger partial charge on any atom is -0.356 e. The van der Waals surface area contributed by atoms with Gasteiger partial charge in [-0.15, -0.1) is 0 Å². The third-order valence-corrected chi connectivity index (χ3v) is 8.18. The Bertz CT molecular complexity index is 852. The summed E-state index contributed by atoms with van der Waals surface area (Å²) in [7, 11) is 0. The Hall–Kier alpha value is -1.89. The molecule has 0 aromatic rings. The van der Waals surface area contributed by atoms with Gasteiger partial charge in [-0.05, 0) is 53.4 Å². The van der Waals surface area contributed by atoms with Gasteiger partial charge in [0.1, 0.15) is 11.6 Å². The second-order valence-corrected chi connectivity index (χ2v) is 11.7. The maximum absolute atomic E-state index is 14.0. The van der Waals surface area contributed by atoms with Crippen LogP contribution in [0.4, 0.5) is 0 Å². The van der Waals surface area contributed by atoms with Crippen molar-refractivity contribution in [1.82, 2.24) is 15.5 Å². The Labute approximate surface area is 190 Å². The first-order valence-electron chi connectivity index (χ1n) is 12.4. The van der Waals surface area contributed by atoms with Crippen LogP contribution in [0.2, 0.25) is 0 Å². The predicted octanol–water partition coefficient (Wildman–Crippen LogP) is 2.44. The summed E-state index contributed by atoms with van der Waals surface area (Å²) in [6.45, 7) is 7.72. The molecule has 1 spiro atoms. The third-order valence-electron chi connectivity index (χ3n) is 8.18. The van der Waals surface area contributed by atoms with Gasteiger partial charge in [0, 0.05) is 17.6 Å². The van der Waals surface area contributed by atoms with E-state index in [0.29, 0.717) is 0 Å². The lowest BCUT2D eigenvalue weighted by atomic mass is 9.70. The zero-order valence-electron chi connectivity index (χ0n) is 19.8. The van der Waals surface area contributed by atoms with Crippen molar-refractivity contribution < 1.29 is 19.1 Å². The SMILES string of the molecule is CC(C)(C)NC(=O)[C@@H]1N(C2CCCC2)C(=O)[C@@H]2[C@@H](C(=O)NC3CCCC3)[C@@]3(C)C=C[C@]21O3. The summed E-state index contributed by atoms with van der Waals surface area (Å²) in [5.74, 6) is -1.66. The van der Waals surface area contributed by atoms with E-state index in [4.69, 9.17) is 4.74 Å². The standard InChI is InChI=1S/C25H37N3O4/c1-23(2,3)27-21(30)19-25-14-13-24(4,32-25)17(20(29)26-15-9-5-6-10-15)18(25)22(31)28(19)16-11-7-8-12-16/h13-19H,5-12H2,1-4H3,(H,26,29)(H,27,30)/t17-,18-,19-,24+,25-/m0/s1. The van der Waals surface area contributed by atoms with Crippen molar-refractivity contribution in [3.63, 3.8) is 0 Å². The minimum absolute atomic E-state index is 0.0283. The van der Waals surface area contributed by atoms with Crippen LogP contribution in [0.5, 0.6) is 0 Å². The highest BCUT2D eigenvalue weighted by atomic mass is 16.5. The maximum Gasteiger partial charge on any atom is 0.246 e. The number of carbonyl (C=O) groups is 3. The van der Waals surface area contributed by atoms with Gasteiger partial charge in [0.15, 0.2) is 0 Å². The molecule has 0 radical (unpaired) electrons. The molecule has 176 valence electrons. The largest absolute Gasteiger partial charge is 0.356 e. The van der Waals surface area contributed by atoms with Crippen molar-refractivity contribution in [2.24, 2.45) is 11.8 Å². The third kappa shape index (κ3) is 3.22. The van der Waals surface area contributed by atoms with Gasteiger partial charge in [-0.3, -0.25) is 14.4 Å². The van der Waals surface area contributed by atoms with Crippen LogP contribution in [0.25, 0.3) is 0 Å². The van der Waals surface area contributed by atoms with Gasteiger partial charge in [-0.25, -0.2) is 0 Å². The first-order chi connectivity index (χ1) is 15.1. The molecule has 3 heterocycles. The van der Waals surface area contributed by atoms with Crippen LogP contribution in [-0.4, -0.2) is 57.5 Å². The van der Waals surface area contributed by atoms with E-state index in [1.165, 1.54) is 0 Å². The van der Waals surface area contributed by atoms with E-state index >= 15 is 0 Å². The van der Waals surface area contributed by atoms with Crippen LogP contribution in [0.1, 0.15) is 79.1 Å². The lowest BCUT2D eigenvalue weighted by Gasteiger charge is -2.37. The van der Waals surface area contributed by atoms with Crippen LogP contribution in [-0.2, 0) is 19.1 Å². The lowest BCUT2D eigenvalue weighted by Crippen LogP contribution is -2.59. The fraction of sp³-hybridized carbons (Fsp3) is 0.800. The summed E-state index contributed by atoms with van der Waals surface area (Å²) < 4.78 is 6.58. The minimum atomic E-state index is -1.08. The normalized spacial score (nSPS) is 39.2. The molecule has 2 aliphatic carbocycles. The molecule has 0 unspecified atom stereocenters. The first-order valence-corrected chi connectivity index (χ1v) is 12.4. The average Bonchev–Trinajstić information content (AvgIpc) is 3.47. The van der Waals surface area contributed by atoms with Crippen LogP contribution >= 0.6 is 0 Å². The zero-order valence-corrected chi connectivity index (χ0v) is 19.8. The number of likely N-dealkylation sites (tertiary alicyclic amines) is 1. The van der Waals surface area contributed by atoms with E-state index in [2.05, 4.69) is 10.6 Å². The Morgan fingerprint density at radius 3 is 2.28 bits per heavy atom. The van der Waals surface area contributed by atoms with E-state index in [-0.39, 0.29) is 29.8 Å². The first kappa shape index (κ1) is 21.9. The molecular formula is C25H37N3O4. The van der Waals surface area contributed by atoms with Crippen molar-refractivity contribution in [3.05, 3.63) is 12.2 Å². The highest BCUT2D eigenvalue weighted by molar-refractivity contribution is 6.00. The molecule has 2 saturated carbocycles. The number of carbonyl (C=O) groups excluding carboxylic acids is 3. The number of ether oxygens (including phenoxy) is 1. The monoisotopic (exact) mass is 443 g/mol. The van der Waals surface area contributed by atoms with E-state index in [0.717, 1.165) is 51.4 Å². The van der Waals surface area contributed by atoms with Crippen molar-refractivity contribution in [2.45, 2.75) is 114 Å². The second-order valence-electron chi connectivity index (χ2n) is 11.7. The topological polar surface area (TPSA) is 87.7 Å². The quantitative estimate of drug-likeness (QED) is 0.654. The molecule has 4 fully saturated rings. The van der Waals surface area contributed by atoms with E-state index < -0.39 is 34.6 Å². The van der Waals surface area contributed by atoms with Gasteiger partial charge in [-0.1, -0.05) is 37.8 Å².